The minimum atomic E-state index is 0.0576. The summed E-state index contributed by atoms with van der Waals surface area (Å²) in [6.07, 6.45) is 1.03. The summed E-state index contributed by atoms with van der Waals surface area (Å²) in [4.78, 5) is 5.00. The molecule has 2 rings (SSSR count). The van der Waals surface area contributed by atoms with Crippen LogP contribution in [0.15, 0.2) is 30.3 Å². The largest absolute Gasteiger partial charge is 0.329 e. The molecule has 0 spiro atoms. The number of likely N-dealkylation sites (N-methyl/N-ethyl adjacent to an activating group) is 1. The predicted octanol–water partition coefficient (Wildman–Crippen LogP) is 1.58. The number of nitrogens with zero attached hydrogens (tertiary/aromatic N) is 2. The first-order valence-electron chi connectivity index (χ1n) is 7.24. The lowest BCUT2D eigenvalue weighted by Gasteiger charge is -2.49. The molecular formula is C16H27N3. The molecule has 1 aromatic rings. The van der Waals surface area contributed by atoms with Gasteiger partial charge in [0.1, 0.15) is 0 Å². The average molecular weight is 261 g/mol. The zero-order valence-corrected chi connectivity index (χ0v) is 12.5. The minimum Gasteiger partial charge on any atom is -0.329 e. The summed E-state index contributed by atoms with van der Waals surface area (Å²) in [5.74, 6) is 0. The van der Waals surface area contributed by atoms with Crippen molar-refractivity contribution in [3.63, 3.8) is 0 Å². The number of piperazine rings is 1. The topological polar surface area (TPSA) is 32.5 Å². The normalized spacial score (nSPS) is 25.2. The van der Waals surface area contributed by atoms with Crippen LogP contribution in [0.2, 0.25) is 0 Å². The van der Waals surface area contributed by atoms with Gasteiger partial charge in [-0.1, -0.05) is 30.3 Å². The van der Waals surface area contributed by atoms with Gasteiger partial charge in [0, 0.05) is 37.8 Å². The molecule has 1 aliphatic rings. The van der Waals surface area contributed by atoms with Crippen LogP contribution in [0.5, 0.6) is 0 Å². The zero-order valence-electron chi connectivity index (χ0n) is 12.5. The van der Waals surface area contributed by atoms with Gasteiger partial charge in [-0.15, -0.1) is 0 Å². The van der Waals surface area contributed by atoms with E-state index < -0.39 is 0 Å². The molecule has 0 saturated carbocycles. The van der Waals surface area contributed by atoms with E-state index in [1.807, 2.05) is 0 Å². The van der Waals surface area contributed by atoms with Gasteiger partial charge in [-0.2, -0.15) is 0 Å². The fourth-order valence-electron chi connectivity index (χ4n) is 3.27. The first-order chi connectivity index (χ1) is 9.05. The summed E-state index contributed by atoms with van der Waals surface area (Å²) in [6.45, 7) is 8.70. The quantitative estimate of drug-likeness (QED) is 0.893. The van der Waals surface area contributed by atoms with E-state index in [0.717, 1.165) is 26.1 Å². The maximum Gasteiger partial charge on any atom is 0.0347 e. The second-order valence-electron chi connectivity index (χ2n) is 6.17. The van der Waals surface area contributed by atoms with Crippen molar-refractivity contribution in [1.82, 2.24) is 9.80 Å². The predicted molar refractivity (Wildman–Crippen MR) is 81.3 cm³/mol. The maximum absolute atomic E-state index is 6.13. The molecule has 2 unspecified atom stereocenters. The molecule has 0 bridgehead atoms. The second-order valence-corrected chi connectivity index (χ2v) is 6.17. The molecule has 19 heavy (non-hydrogen) atoms. The first kappa shape index (κ1) is 14.5. The van der Waals surface area contributed by atoms with E-state index in [2.05, 4.69) is 61.0 Å². The Kier molecular flexibility index (Phi) is 4.61. The van der Waals surface area contributed by atoms with Crippen LogP contribution in [0.3, 0.4) is 0 Å². The summed E-state index contributed by atoms with van der Waals surface area (Å²) < 4.78 is 0. The molecule has 0 radical (unpaired) electrons. The molecule has 3 heteroatoms. The van der Waals surface area contributed by atoms with Gasteiger partial charge in [-0.05, 0) is 32.9 Å². The van der Waals surface area contributed by atoms with Crippen molar-refractivity contribution in [2.75, 3.05) is 33.2 Å². The van der Waals surface area contributed by atoms with Crippen LogP contribution in [0, 0.1) is 0 Å². The fourth-order valence-corrected chi connectivity index (χ4v) is 3.27. The van der Waals surface area contributed by atoms with Crippen LogP contribution in [0.25, 0.3) is 0 Å². The Labute approximate surface area is 117 Å². The van der Waals surface area contributed by atoms with Crippen LogP contribution in [0.4, 0.5) is 0 Å². The molecule has 0 amide bonds. The highest BCUT2D eigenvalue weighted by molar-refractivity contribution is 5.18. The van der Waals surface area contributed by atoms with Gasteiger partial charge < -0.3 is 10.6 Å². The van der Waals surface area contributed by atoms with Crippen molar-refractivity contribution in [3.8, 4) is 0 Å². The van der Waals surface area contributed by atoms with E-state index in [1.54, 1.807) is 0 Å². The fraction of sp³-hybridized carbons (Fsp3) is 0.625. The molecule has 2 N–H and O–H groups in total. The zero-order chi connectivity index (χ0) is 13.9. The van der Waals surface area contributed by atoms with E-state index in [0.29, 0.717) is 12.6 Å². The highest BCUT2D eigenvalue weighted by atomic mass is 15.3. The second kappa shape index (κ2) is 6.04. The monoisotopic (exact) mass is 261 g/mol. The standard InChI is InChI=1S/C16H27N3/c1-14-12-18(3)9-10-19(14)16(2,13-17)11-15-7-5-4-6-8-15/h4-8,14H,9-13,17H2,1-3H3. The van der Waals surface area contributed by atoms with Gasteiger partial charge >= 0.3 is 0 Å². The molecule has 1 heterocycles. The van der Waals surface area contributed by atoms with E-state index in [9.17, 15) is 0 Å². The number of hydrogen-bond acceptors (Lipinski definition) is 3. The Hall–Kier alpha value is -0.900. The van der Waals surface area contributed by atoms with Gasteiger partial charge in [0.15, 0.2) is 0 Å². The summed E-state index contributed by atoms with van der Waals surface area (Å²) in [5, 5.41) is 0. The Morgan fingerprint density at radius 2 is 1.95 bits per heavy atom. The number of benzene rings is 1. The van der Waals surface area contributed by atoms with Crippen molar-refractivity contribution in [1.29, 1.82) is 0 Å². The molecule has 0 aliphatic carbocycles. The third-order valence-corrected chi connectivity index (χ3v) is 4.39. The Morgan fingerprint density at radius 3 is 2.53 bits per heavy atom. The van der Waals surface area contributed by atoms with Gasteiger partial charge in [0.05, 0.1) is 0 Å². The van der Waals surface area contributed by atoms with Crippen LogP contribution in [-0.4, -0.2) is 54.6 Å². The average Bonchev–Trinajstić information content (AvgIpc) is 2.39. The third kappa shape index (κ3) is 3.35. The third-order valence-electron chi connectivity index (χ3n) is 4.39. The molecule has 1 fully saturated rings. The summed E-state index contributed by atoms with van der Waals surface area (Å²) in [7, 11) is 2.20. The number of rotatable bonds is 4. The minimum absolute atomic E-state index is 0.0576. The van der Waals surface area contributed by atoms with Crippen molar-refractivity contribution < 1.29 is 0 Å². The van der Waals surface area contributed by atoms with Gasteiger partial charge in [-0.3, -0.25) is 4.90 Å². The lowest BCUT2D eigenvalue weighted by molar-refractivity contribution is 0.0128. The molecule has 2 atom stereocenters. The molecule has 1 aromatic carbocycles. The van der Waals surface area contributed by atoms with E-state index in [4.69, 9.17) is 5.73 Å². The van der Waals surface area contributed by atoms with Crippen LogP contribution >= 0.6 is 0 Å². The maximum atomic E-state index is 6.13. The summed E-state index contributed by atoms with van der Waals surface area (Å²) in [5.41, 5.74) is 7.56. The SMILES string of the molecule is CC1CN(C)CCN1C(C)(CN)Cc1ccccc1. The number of nitrogens with two attached hydrogens (primary N) is 1. The molecule has 106 valence electrons. The molecule has 1 saturated heterocycles. The van der Waals surface area contributed by atoms with Crippen LogP contribution in [0.1, 0.15) is 19.4 Å². The van der Waals surface area contributed by atoms with E-state index in [-0.39, 0.29) is 5.54 Å². The highest BCUT2D eigenvalue weighted by Gasteiger charge is 2.36. The highest BCUT2D eigenvalue weighted by Crippen LogP contribution is 2.24. The summed E-state index contributed by atoms with van der Waals surface area (Å²) in [6, 6.07) is 11.3. The van der Waals surface area contributed by atoms with E-state index >= 15 is 0 Å². The van der Waals surface area contributed by atoms with Crippen molar-refractivity contribution in [3.05, 3.63) is 35.9 Å². The van der Waals surface area contributed by atoms with Crippen LogP contribution < -0.4 is 5.73 Å². The Morgan fingerprint density at radius 1 is 1.26 bits per heavy atom. The smallest absolute Gasteiger partial charge is 0.0347 e. The molecular weight excluding hydrogens is 234 g/mol. The Balaban J connectivity index is 2.13. The summed E-state index contributed by atoms with van der Waals surface area (Å²) >= 11 is 0. The molecule has 1 aliphatic heterocycles. The molecule has 3 nitrogen and oxygen atoms in total. The van der Waals surface area contributed by atoms with Gasteiger partial charge in [0.25, 0.3) is 0 Å². The number of hydrogen-bond donors (Lipinski definition) is 1. The van der Waals surface area contributed by atoms with Gasteiger partial charge in [-0.25, -0.2) is 0 Å². The lowest BCUT2D eigenvalue weighted by atomic mass is 9.88. The lowest BCUT2D eigenvalue weighted by Crippen LogP contribution is -2.62. The van der Waals surface area contributed by atoms with Gasteiger partial charge in [0.2, 0.25) is 0 Å². The van der Waals surface area contributed by atoms with Crippen LogP contribution in [-0.2, 0) is 6.42 Å². The first-order valence-corrected chi connectivity index (χ1v) is 7.24. The Bertz CT molecular complexity index is 392. The van der Waals surface area contributed by atoms with E-state index in [1.165, 1.54) is 5.56 Å². The van der Waals surface area contributed by atoms with Crippen molar-refractivity contribution in [2.24, 2.45) is 5.73 Å². The van der Waals surface area contributed by atoms with Crippen molar-refractivity contribution in [2.45, 2.75) is 31.8 Å². The molecule has 0 aromatic heterocycles. The van der Waals surface area contributed by atoms with Crippen molar-refractivity contribution >= 4 is 0 Å².